The number of nitrogens with one attached hydrogen (secondary N) is 1. The molecule has 0 fully saturated rings. The largest absolute Gasteiger partial charge is 0.317 e. The molecule has 4 heteroatoms. The van der Waals surface area contributed by atoms with Gasteiger partial charge < -0.3 is 5.32 Å². The first kappa shape index (κ1) is 11.1. The summed E-state index contributed by atoms with van der Waals surface area (Å²) in [5.41, 5.74) is 2.05. The summed E-state index contributed by atoms with van der Waals surface area (Å²) in [6.45, 7) is 4.39. The second-order valence-corrected chi connectivity index (χ2v) is 4.08. The van der Waals surface area contributed by atoms with E-state index in [9.17, 15) is 0 Å². The Morgan fingerprint density at radius 1 is 1.44 bits per heavy atom. The van der Waals surface area contributed by atoms with E-state index in [2.05, 4.69) is 35.3 Å². The quantitative estimate of drug-likeness (QED) is 0.851. The van der Waals surface area contributed by atoms with E-state index in [1.807, 2.05) is 19.3 Å². The Morgan fingerprint density at radius 3 is 2.94 bits per heavy atom. The Hall–Kier alpha value is -1.42. The molecule has 0 aliphatic carbocycles. The fourth-order valence-electron chi connectivity index (χ4n) is 2.05. The van der Waals surface area contributed by atoms with Gasteiger partial charge in [0.25, 0.3) is 0 Å². The smallest absolute Gasteiger partial charge is 0.155 e. The van der Waals surface area contributed by atoms with Crippen molar-refractivity contribution in [3.63, 3.8) is 0 Å². The number of likely N-dealkylation sites (N-methyl/N-ethyl adjacent to an activating group) is 1. The van der Waals surface area contributed by atoms with Crippen molar-refractivity contribution < 1.29 is 0 Å². The third-order valence-corrected chi connectivity index (χ3v) is 3.16. The number of hydrogen-bond acceptors (Lipinski definition) is 3. The maximum absolute atomic E-state index is 4.64. The van der Waals surface area contributed by atoms with Gasteiger partial charge in [0.1, 0.15) is 0 Å². The molecule has 2 rings (SSSR count). The van der Waals surface area contributed by atoms with Crippen molar-refractivity contribution in [2.24, 2.45) is 0 Å². The van der Waals surface area contributed by atoms with Crippen LogP contribution in [0.4, 0.5) is 0 Å². The lowest BCUT2D eigenvalue weighted by Crippen LogP contribution is -2.29. The maximum atomic E-state index is 4.64. The molecule has 1 N–H and O–H groups in total. The molecule has 2 heterocycles. The van der Waals surface area contributed by atoms with Gasteiger partial charge in [0.05, 0.1) is 6.20 Å². The van der Waals surface area contributed by atoms with Crippen LogP contribution in [0.5, 0.6) is 0 Å². The average Bonchev–Trinajstić information content (AvgIpc) is 2.77. The van der Waals surface area contributed by atoms with Crippen molar-refractivity contribution in [1.82, 2.24) is 19.9 Å². The number of hydrogen-bond donors (Lipinski definition) is 1. The van der Waals surface area contributed by atoms with Crippen LogP contribution >= 0.6 is 0 Å². The van der Waals surface area contributed by atoms with E-state index in [0.29, 0.717) is 12.0 Å². The van der Waals surface area contributed by atoms with Crippen LogP contribution < -0.4 is 5.32 Å². The van der Waals surface area contributed by atoms with Gasteiger partial charge in [0, 0.05) is 29.9 Å². The average molecular weight is 218 g/mol. The second-order valence-electron chi connectivity index (χ2n) is 4.08. The molecule has 0 saturated heterocycles. The summed E-state index contributed by atoms with van der Waals surface area (Å²) in [5.74, 6) is 0.449. The molecule has 2 aromatic rings. The normalized spacial score (nSPS) is 15.2. The Kier molecular flexibility index (Phi) is 3.19. The summed E-state index contributed by atoms with van der Waals surface area (Å²) in [5, 5.41) is 7.44. The summed E-state index contributed by atoms with van der Waals surface area (Å²) in [4.78, 5) is 4.64. The Bertz CT molecular complexity index is 463. The molecule has 0 aromatic carbocycles. The zero-order valence-corrected chi connectivity index (χ0v) is 10.0. The summed E-state index contributed by atoms with van der Waals surface area (Å²) >= 11 is 0. The standard InChI is InChI=1S/C12H18N4/c1-4-10(9(2)13-3)11-6-8-16-12(15-11)5-7-14-16/h5-10,13H,4H2,1-3H3. The molecule has 2 unspecified atom stereocenters. The van der Waals surface area contributed by atoms with E-state index >= 15 is 0 Å². The van der Waals surface area contributed by atoms with Crippen LogP contribution in [0.2, 0.25) is 0 Å². The van der Waals surface area contributed by atoms with E-state index < -0.39 is 0 Å². The first-order chi connectivity index (χ1) is 7.76. The van der Waals surface area contributed by atoms with Crippen molar-refractivity contribution in [2.75, 3.05) is 7.05 Å². The SMILES string of the molecule is CCC(c1ccn2nccc2n1)C(C)NC. The fraction of sp³-hybridized carbons (Fsp3) is 0.500. The molecule has 0 aliphatic rings. The number of rotatable bonds is 4. The first-order valence-electron chi connectivity index (χ1n) is 5.73. The lowest BCUT2D eigenvalue weighted by Gasteiger charge is -2.21. The maximum Gasteiger partial charge on any atom is 0.155 e. The van der Waals surface area contributed by atoms with Crippen molar-refractivity contribution in [1.29, 1.82) is 0 Å². The predicted molar refractivity (Wildman–Crippen MR) is 64.5 cm³/mol. The highest BCUT2D eigenvalue weighted by molar-refractivity contribution is 5.37. The highest BCUT2D eigenvalue weighted by atomic mass is 15.2. The third-order valence-electron chi connectivity index (χ3n) is 3.16. The zero-order valence-electron chi connectivity index (χ0n) is 10.0. The Labute approximate surface area is 95.7 Å². The molecule has 86 valence electrons. The predicted octanol–water partition coefficient (Wildman–Crippen LogP) is 1.83. The number of aromatic nitrogens is 3. The minimum Gasteiger partial charge on any atom is -0.317 e. The van der Waals surface area contributed by atoms with Gasteiger partial charge in [0.15, 0.2) is 5.65 Å². The Balaban J connectivity index is 2.36. The van der Waals surface area contributed by atoms with Crippen molar-refractivity contribution in [3.05, 3.63) is 30.2 Å². The van der Waals surface area contributed by atoms with Crippen LogP contribution in [0.15, 0.2) is 24.5 Å². The van der Waals surface area contributed by atoms with E-state index in [4.69, 9.17) is 0 Å². The lowest BCUT2D eigenvalue weighted by molar-refractivity contribution is 0.474. The van der Waals surface area contributed by atoms with E-state index in [-0.39, 0.29) is 0 Å². The molecule has 0 saturated carbocycles. The first-order valence-corrected chi connectivity index (χ1v) is 5.73. The second kappa shape index (κ2) is 4.61. The molecule has 0 radical (unpaired) electrons. The van der Waals surface area contributed by atoms with Gasteiger partial charge in [0.2, 0.25) is 0 Å². The summed E-state index contributed by atoms with van der Waals surface area (Å²) in [6.07, 6.45) is 4.83. The van der Waals surface area contributed by atoms with Crippen LogP contribution in [0.1, 0.15) is 31.9 Å². The number of nitrogens with zero attached hydrogens (tertiary/aromatic N) is 3. The monoisotopic (exact) mass is 218 g/mol. The van der Waals surface area contributed by atoms with Gasteiger partial charge in [-0.3, -0.25) is 0 Å². The fourth-order valence-corrected chi connectivity index (χ4v) is 2.05. The topological polar surface area (TPSA) is 42.2 Å². The minimum atomic E-state index is 0.433. The van der Waals surface area contributed by atoms with Crippen LogP contribution in [0.25, 0.3) is 5.65 Å². The molecular formula is C12H18N4. The summed E-state index contributed by atoms with van der Waals surface area (Å²) in [6, 6.07) is 4.42. The van der Waals surface area contributed by atoms with Gasteiger partial charge in [-0.25, -0.2) is 9.50 Å². The van der Waals surface area contributed by atoms with Crippen LogP contribution in [-0.2, 0) is 0 Å². The minimum absolute atomic E-state index is 0.433. The van der Waals surface area contributed by atoms with Gasteiger partial charge in [-0.05, 0) is 26.5 Å². The lowest BCUT2D eigenvalue weighted by atomic mass is 9.94. The highest BCUT2D eigenvalue weighted by Crippen LogP contribution is 2.21. The zero-order chi connectivity index (χ0) is 11.5. The summed E-state index contributed by atoms with van der Waals surface area (Å²) < 4.78 is 1.79. The molecule has 0 aliphatic heterocycles. The van der Waals surface area contributed by atoms with Crippen LogP contribution in [0, 0.1) is 0 Å². The summed E-state index contributed by atoms with van der Waals surface area (Å²) in [7, 11) is 1.99. The molecule has 2 atom stereocenters. The van der Waals surface area contributed by atoms with Gasteiger partial charge in [-0.15, -0.1) is 0 Å². The van der Waals surface area contributed by atoms with E-state index in [1.54, 1.807) is 10.7 Å². The molecule has 2 aromatic heterocycles. The molecular weight excluding hydrogens is 200 g/mol. The molecule has 0 amide bonds. The van der Waals surface area contributed by atoms with E-state index in [0.717, 1.165) is 17.8 Å². The van der Waals surface area contributed by atoms with Crippen molar-refractivity contribution in [3.8, 4) is 0 Å². The van der Waals surface area contributed by atoms with Crippen LogP contribution in [-0.4, -0.2) is 27.7 Å². The van der Waals surface area contributed by atoms with Gasteiger partial charge in [-0.2, -0.15) is 5.10 Å². The van der Waals surface area contributed by atoms with Gasteiger partial charge in [-0.1, -0.05) is 6.92 Å². The van der Waals surface area contributed by atoms with Crippen molar-refractivity contribution in [2.45, 2.75) is 32.2 Å². The van der Waals surface area contributed by atoms with E-state index in [1.165, 1.54) is 0 Å². The Morgan fingerprint density at radius 2 is 2.25 bits per heavy atom. The number of fused-ring (bicyclic) bond motifs is 1. The molecule has 16 heavy (non-hydrogen) atoms. The molecule has 0 spiro atoms. The van der Waals surface area contributed by atoms with Crippen molar-refractivity contribution >= 4 is 5.65 Å². The molecule has 0 bridgehead atoms. The van der Waals surface area contributed by atoms with Crippen LogP contribution in [0.3, 0.4) is 0 Å². The third kappa shape index (κ3) is 1.93. The molecule has 4 nitrogen and oxygen atoms in total. The van der Waals surface area contributed by atoms with Gasteiger partial charge >= 0.3 is 0 Å². The highest BCUT2D eigenvalue weighted by Gasteiger charge is 2.17.